The number of thiocarbonyl (C=S) groups is 1. The Labute approximate surface area is 107 Å². The highest BCUT2D eigenvalue weighted by atomic mass is 35.5. The molecule has 8 heteroatoms. The molecule has 0 aliphatic rings. The van der Waals surface area contributed by atoms with E-state index in [1.165, 1.54) is 24.3 Å². The van der Waals surface area contributed by atoms with Crippen molar-refractivity contribution in [2.24, 2.45) is 0 Å². The van der Waals surface area contributed by atoms with Crippen LogP contribution in [0.3, 0.4) is 0 Å². The third kappa shape index (κ3) is 4.33. The number of carbonyl (C=O) groups is 1. The maximum atomic E-state index is 10.9. The second kappa shape index (κ2) is 6.12. The minimum atomic E-state index is -0.503. The van der Waals surface area contributed by atoms with Gasteiger partial charge in [0.1, 0.15) is 5.88 Å². The Morgan fingerprint density at radius 1 is 1.41 bits per heavy atom. The number of hydrogen-bond acceptors (Lipinski definition) is 4. The Morgan fingerprint density at radius 3 is 2.47 bits per heavy atom. The van der Waals surface area contributed by atoms with E-state index >= 15 is 0 Å². The molecule has 1 aromatic rings. The summed E-state index contributed by atoms with van der Waals surface area (Å²) in [5, 5.41) is 15.5. The molecule has 0 bridgehead atoms. The Morgan fingerprint density at radius 2 is 2.00 bits per heavy atom. The number of hydrogen-bond donors (Lipinski definition) is 2. The van der Waals surface area contributed by atoms with Crippen LogP contribution in [0.5, 0.6) is 0 Å². The maximum absolute atomic E-state index is 10.9. The van der Waals surface area contributed by atoms with Crippen LogP contribution in [0.1, 0.15) is 0 Å². The van der Waals surface area contributed by atoms with Crippen LogP contribution >= 0.6 is 23.8 Å². The summed E-state index contributed by atoms with van der Waals surface area (Å²) in [7, 11) is 0. The lowest BCUT2D eigenvalue weighted by Crippen LogP contribution is -2.34. The first-order valence-electron chi connectivity index (χ1n) is 4.44. The molecule has 0 saturated heterocycles. The van der Waals surface area contributed by atoms with Crippen molar-refractivity contribution < 1.29 is 9.72 Å². The molecular weight excluding hydrogens is 266 g/mol. The number of nitro groups is 1. The average molecular weight is 274 g/mol. The van der Waals surface area contributed by atoms with E-state index in [1.54, 1.807) is 0 Å². The third-order valence-electron chi connectivity index (χ3n) is 1.71. The van der Waals surface area contributed by atoms with Crippen molar-refractivity contribution in [3.8, 4) is 0 Å². The highest BCUT2D eigenvalue weighted by molar-refractivity contribution is 7.80. The van der Waals surface area contributed by atoms with Crippen molar-refractivity contribution in [3.63, 3.8) is 0 Å². The van der Waals surface area contributed by atoms with Crippen LogP contribution in [-0.4, -0.2) is 21.8 Å². The van der Waals surface area contributed by atoms with Gasteiger partial charge in [-0.15, -0.1) is 11.6 Å². The first-order valence-corrected chi connectivity index (χ1v) is 5.38. The molecule has 0 spiro atoms. The van der Waals surface area contributed by atoms with Gasteiger partial charge in [-0.3, -0.25) is 14.9 Å². The molecule has 17 heavy (non-hydrogen) atoms. The Bertz CT molecular complexity index is 449. The van der Waals surface area contributed by atoms with Gasteiger partial charge in [0, 0.05) is 17.8 Å². The molecule has 90 valence electrons. The molecule has 0 aliphatic heterocycles. The fourth-order valence-electron chi connectivity index (χ4n) is 0.989. The molecule has 0 atom stereocenters. The lowest BCUT2D eigenvalue weighted by atomic mass is 10.3. The van der Waals surface area contributed by atoms with Crippen LogP contribution < -0.4 is 10.6 Å². The number of nitrogens with one attached hydrogen (secondary N) is 2. The number of nitro benzene ring substituents is 1. The highest BCUT2D eigenvalue weighted by Crippen LogP contribution is 2.15. The Kier molecular flexibility index (Phi) is 4.80. The van der Waals surface area contributed by atoms with E-state index in [-0.39, 0.29) is 16.7 Å². The average Bonchev–Trinajstić information content (AvgIpc) is 2.29. The van der Waals surface area contributed by atoms with Crippen LogP contribution in [0.25, 0.3) is 0 Å². The molecule has 0 heterocycles. The quantitative estimate of drug-likeness (QED) is 0.379. The maximum Gasteiger partial charge on any atom is 0.269 e. The van der Waals surface area contributed by atoms with E-state index in [0.29, 0.717) is 5.69 Å². The molecule has 0 aliphatic carbocycles. The number of non-ortho nitro benzene ring substituents is 1. The van der Waals surface area contributed by atoms with Gasteiger partial charge in [0.15, 0.2) is 5.11 Å². The first-order chi connectivity index (χ1) is 8.02. The number of anilines is 1. The van der Waals surface area contributed by atoms with Crippen LogP contribution in [-0.2, 0) is 4.79 Å². The summed E-state index contributed by atoms with van der Waals surface area (Å²) >= 11 is 10.1. The van der Waals surface area contributed by atoms with Crippen LogP contribution in [0.2, 0.25) is 0 Å². The number of carbonyl (C=O) groups excluding carboxylic acids is 1. The van der Waals surface area contributed by atoms with Gasteiger partial charge in [-0.05, 0) is 24.4 Å². The number of rotatable bonds is 3. The Balaban J connectivity index is 2.60. The van der Waals surface area contributed by atoms with Gasteiger partial charge < -0.3 is 10.6 Å². The molecule has 1 rings (SSSR count). The summed E-state index contributed by atoms with van der Waals surface area (Å²) in [4.78, 5) is 20.8. The molecule has 0 unspecified atom stereocenters. The normalized spacial score (nSPS) is 9.47. The molecule has 6 nitrogen and oxygen atoms in total. The minimum Gasteiger partial charge on any atom is -0.332 e. The van der Waals surface area contributed by atoms with Crippen molar-refractivity contribution in [2.75, 3.05) is 11.2 Å². The number of nitrogens with zero attached hydrogens (tertiary/aromatic N) is 1. The zero-order valence-electron chi connectivity index (χ0n) is 8.47. The van der Waals surface area contributed by atoms with Crippen molar-refractivity contribution >= 4 is 46.2 Å². The van der Waals surface area contributed by atoms with E-state index in [1.807, 2.05) is 0 Å². The molecule has 2 N–H and O–H groups in total. The number of halogens is 1. The van der Waals surface area contributed by atoms with E-state index in [2.05, 4.69) is 10.6 Å². The zero-order valence-corrected chi connectivity index (χ0v) is 10.0. The number of amides is 1. The summed E-state index contributed by atoms with van der Waals surface area (Å²) < 4.78 is 0. The molecule has 0 radical (unpaired) electrons. The topological polar surface area (TPSA) is 84.3 Å². The standard InChI is InChI=1S/C9H8ClN3O3S/c10-5-8(14)12-9(17)11-6-1-3-7(4-2-6)13(15)16/h1-4H,5H2,(H2,11,12,14,17). The van der Waals surface area contributed by atoms with E-state index in [4.69, 9.17) is 23.8 Å². The summed E-state index contributed by atoms with van der Waals surface area (Å²) in [5.74, 6) is -0.617. The van der Waals surface area contributed by atoms with Crippen molar-refractivity contribution in [3.05, 3.63) is 34.4 Å². The Hall–Kier alpha value is -1.73. The van der Waals surface area contributed by atoms with Crippen molar-refractivity contribution in [1.82, 2.24) is 5.32 Å². The van der Waals surface area contributed by atoms with Crippen molar-refractivity contribution in [1.29, 1.82) is 0 Å². The summed E-state index contributed by atoms with van der Waals surface area (Å²) in [6, 6.07) is 5.62. The minimum absolute atomic E-state index is 0.0220. The zero-order chi connectivity index (χ0) is 12.8. The highest BCUT2D eigenvalue weighted by Gasteiger charge is 2.06. The number of benzene rings is 1. The third-order valence-corrected chi connectivity index (χ3v) is 2.16. The van der Waals surface area contributed by atoms with E-state index < -0.39 is 10.8 Å². The summed E-state index contributed by atoms with van der Waals surface area (Å²) in [6.45, 7) is 0. The number of alkyl halides is 1. The van der Waals surface area contributed by atoms with E-state index in [0.717, 1.165) is 0 Å². The van der Waals surface area contributed by atoms with Gasteiger partial charge in [0.2, 0.25) is 5.91 Å². The predicted molar refractivity (Wildman–Crippen MR) is 68.2 cm³/mol. The largest absolute Gasteiger partial charge is 0.332 e. The van der Waals surface area contributed by atoms with Gasteiger partial charge in [0.25, 0.3) is 5.69 Å². The second-order valence-corrected chi connectivity index (χ2v) is 3.62. The fourth-order valence-corrected chi connectivity index (χ4v) is 1.29. The van der Waals surface area contributed by atoms with Gasteiger partial charge in [-0.2, -0.15) is 0 Å². The van der Waals surface area contributed by atoms with Crippen molar-refractivity contribution in [2.45, 2.75) is 0 Å². The predicted octanol–water partition coefficient (Wildman–Crippen LogP) is 1.65. The summed E-state index contributed by atoms with van der Waals surface area (Å²) in [6.07, 6.45) is 0. The summed E-state index contributed by atoms with van der Waals surface area (Å²) in [5.41, 5.74) is 0.515. The monoisotopic (exact) mass is 273 g/mol. The molecule has 0 fully saturated rings. The smallest absolute Gasteiger partial charge is 0.269 e. The van der Waals surface area contributed by atoms with Crippen LogP contribution in [0.4, 0.5) is 11.4 Å². The molecule has 0 saturated carbocycles. The van der Waals surface area contributed by atoms with Gasteiger partial charge in [-0.25, -0.2) is 0 Å². The molecular formula is C9H8ClN3O3S. The molecule has 1 amide bonds. The van der Waals surface area contributed by atoms with Gasteiger partial charge >= 0.3 is 0 Å². The first kappa shape index (κ1) is 13.3. The second-order valence-electron chi connectivity index (χ2n) is 2.94. The lowest BCUT2D eigenvalue weighted by molar-refractivity contribution is -0.384. The molecule has 0 aromatic heterocycles. The SMILES string of the molecule is O=C(CCl)NC(=S)Nc1ccc([N+](=O)[O-])cc1. The fraction of sp³-hybridized carbons (Fsp3) is 0.111. The molecule has 1 aromatic carbocycles. The lowest BCUT2D eigenvalue weighted by Gasteiger charge is -2.07. The van der Waals surface area contributed by atoms with Crippen LogP contribution in [0, 0.1) is 10.1 Å². The van der Waals surface area contributed by atoms with Gasteiger partial charge in [-0.1, -0.05) is 0 Å². The van der Waals surface area contributed by atoms with Crippen LogP contribution in [0.15, 0.2) is 24.3 Å². The van der Waals surface area contributed by atoms with E-state index in [9.17, 15) is 14.9 Å². The van der Waals surface area contributed by atoms with Gasteiger partial charge in [0.05, 0.1) is 4.92 Å².